The van der Waals surface area contributed by atoms with Crippen molar-refractivity contribution < 1.29 is 14.6 Å². The van der Waals surface area contributed by atoms with E-state index in [1.54, 1.807) is 11.3 Å². The predicted octanol–water partition coefficient (Wildman–Crippen LogP) is 1.50. The predicted molar refractivity (Wildman–Crippen MR) is 66.5 cm³/mol. The van der Waals surface area contributed by atoms with E-state index in [-0.39, 0.29) is 12.6 Å². The van der Waals surface area contributed by atoms with E-state index in [1.807, 2.05) is 11.4 Å². The summed E-state index contributed by atoms with van der Waals surface area (Å²) >= 11 is 3.12. The van der Waals surface area contributed by atoms with Crippen LogP contribution in [0.1, 0.15) is 10.4 Å². The summed E-state index contributed by atoms with van der Waals surface area (Å²) in [7, 11) is 1.39. The summed E-state index contributed by atoms with van der Waals surface area (Å²) in [6.45, 7) is -0.123. The van der Waals surface area contributed by atoms with Crippen molar-refractivity contribution in [1.82, 2.24) is 0 Å². The second kappa shape index (κ2) is 7.34. The summed E-state index contributed by atoms with van der Waals surface area (Å²) < 4.78 is 4.54. The smallest absolute Gasteiger partial charge is 0.315 e. The normalized spacial score (nSPS) is 9.38. The van der Waals surface area contributed by atoms with Crippen molar-refractivity contribution in [2.75, 3.05) is 19.5 Å². The fourth-order valence-corrected chi connectivity index (χ4v) is 2.75. The number of methoxy groups -OCH3 is 1. The van der Waals surface area contributed by atoms with Crippen LogP contribution in [0.5, 0.6) is 0 Å². The Hall–Kier alpha value is -0.960. The van der Waals surface area contributed by atoms with Crippen molar-refractivity contribution in [1.29, 1.82) is 0 Å². The molecule has 0 saturated heterocycles. The van der Waals surface area contributed by atoms with E-state index in [9.17, 15) is 4.79 Å². The molecule has 16 heavy (non-hydrogen) atoms. The first-order chi connectivity index (χ1) is 7.76. The van der Waals surface area contributed by atoms with Gasteiger partial charge in [-0.3, -0.25) is 4.79 Å². The number of carbonyl (C=O) groups is 1. The van der Waals surface area contributed by atoms with Crippen molar-refractivity contribution in [3.63, 3.8) is 0 Å². The van der Waals surface area contributed by atoms with Gasteiger partial charge in [0.25, 0.3) is 0 Å². The van der Waals surface area contributed by atoms with Gasteiger partial charge in [-0.2, -0.15) is 0 Å². The third kappa shape index (κ3) is 4.71. The zero-order valence-corrected chi connectivity index (χ0v) is 10.5. The standard InChI is InChI=1S/C11H12O3S2/c1-14-11(13)8-15-7-10-5-9(6-16-10)3-2-4-12/h5-6,12H,4,7-8H2,1H3. The van der Waals surface area contributed by atoms with E-state index in [0.717, 1.165) is 16.2 Å². The topological polar surface area (TPSA) is 46.5 Å². The lowest BCUT2D eigenvalue weighted by Gasteiger charge is -1.97. The van der Waals surface area contributed by atoms with Crippen LogP contribution in [0, 0.1) is 11.8 Å². The molecule has 1 heterocycles. The van der Waals surface area contributed by atoms with Gasteiger partial charge in [0.05, 0.1) is 12.9 Å². The van der Waals surface area contributed by atoms with Gasteiger partial charge in [0.2, 0.25) is 0 Å². The molecule has 1 N–H and O–H groups in total. The molecular weight excluding hydrogens is 244 g/mol. The monoisotopic (exact) mass is 256 g/mol. The maximum absolute atomic E-state index is 10.9. The number of rotatable bonds is 4. The van der Waals surface area contributed by atoms with Crippen LogP contribution in [-0.2, 0) is 15.3 Å². The third-order valence-corrected chi connectivity index (χ3v) is 3.73. The van der Waals surface area contributed by atoms with Crippen LogP contribution in [0.3, 0.4) is 0 Å². The van der Waals surface area contributed by atoms with Crippen molar-refractivity contribution >= 4 is 29.1 Å². The molecule has 0 fully saturated rings. The molecule has 1 aromatic heterocycles. The van der Waals surface area contributed by atoms with Crippen LogP contribution < -0.4 is 0 Å². The van der Waals surface area contributed by atoms with Gasteiger partial charge < -0.3 is 9.84 Å². The molecule has 0 saturated carbocycles. The Kier molecular flexibility index (Phi) is 6.01. The van der Waals surface area contributed by atoms with Crippen molar-refractivity contribution in [2.45, 2.75) is 5.75 Å². The number of thiophene rings is 1. The van der Waals surface area contributed by atoms with Crippen molar-refractivity contribution in [3.8, 4) is 11.8 Å². The molecule has 0 aliphatic rings. The minimum atomic E-state index is -0.207. The Morgan fingerprint density at radius 3 is 3.19 bits per heavy atom. The number of aliphatic hydroxyl groups is 1. The van der Waals surface area contributed by atoms with Gasteiger partial charge in [-0.25, -0.2) is 0 Å². The number of ether oxygens (including phenoxy) is 1. The highest BCUT2D eigenvalue weighted by Crippen LogP contribution is 2.20. The highest BCUT2D eigenvalue weighted by Gasteiger charge is 2.02. The van der Waals surface area contributed by atoms with Gasteiger partial charge in [-0.1, -0.05) is 11.8 Å². The average molecular weight is 256 g/mol. The summed E-state index contributed by atoms with van der Waals surface area (Å²) in [6, 6.07) is 1.97. The highest BCUT2D eigenvalue weighted by molar-refractivity contribution is 7.99. The van der Waals surface area contributed by atoms with E-state index in [0.29, 0.717) is 5.75 Å². The van der Waals surface area contributed by atoms with E-state index in [2.05, 4.69) is 16.6 Å². The molecule has 0 aliphatic carbocycles. The zero-order valence-electron chi connectivity index (χ0n) is 8.86. The molecule has 0 atom stereocenters. The fourth-order valence-electron chi connectivity index (χ4n) is 0.957. The molecule has 0 aromatic carbocycles. The van der Waals surface area contributed by atoms with Gasteiger partial charge in [0, 0.05) is 21.6 Å². The lowest BCUT2D eigenvalue weighted by atomic mass is 10.3. The molecule has 0 bridgehead atoms. The van der Waals surface area contributed by atoms with E-state index in [4.69, 9.17) is 5.11 Å². The number of hydrogen-bond acceptors (Lipinski definition) is 5. The van der Waals surface area contributed by atoms with E-state index in [1.165, 1.54) is 18.9 Å². The summed E-state index contributed by atoms with van der Waals surface area (Å²) in [5, 5.41) is 10.5. The van der Waals surface area contributed by atoms with Crippen LogP contribution in [-0.4, -0.2) is 30.5 Å². The van der Waals surface area contributed by atoms with Crippen molar-refractivity contribution in [3.05, 3.63) is 21.9 Å². The van der Waals surface area contributed by atoms with Crippen LogP contribution in [0.2, 0.25) is 0 Å². The van der Waals surface area contributed by atoms with Crippen LogP contribution in [0.4, 0.5) is 0 Å². The quantitative estimate of drug-likeness (QED) is 0.655. The van der Waals surface area contributed by atoms with Gasteiger partial charge in [0.1, 0.15) is 6.61 Å². The molecule has 0 spiro atoms. The molecule has 0 radical (unpaired) electrons. The number of thioether (sulfide) groups is 1. The Balaban J connectivity index is 2.37. The molecular formula is C11H12O3S2. The number of esters is 1. The average Bonchev–Trinajstić information content (AvgIpc) is 2.74. The second-order valence-corrected chi connectivity index (χ2v) is 4.81. The Bertz CT molecular complexity index is 401. The minimum absolute atomic E-state index is 0.123. The molecule has 86 valence electrons. The molecule has 0 amide bonds. The minimum Gasteiger partial charge on any atom is -0.468 e. The molecule has 0 aliphatic heterocycles. The number of carbonyl (C=O) groups excluding carboxylic acids is 1. The largest absolute Gasteiger partial charge is 0.468 e. The fraction of sp³-hybridized carbons (Fsp3) is 0.364. The van der Waals surface area contributed by atoms with Crippen LogP contribution >= 0.6 is 23.1 Å². The Morgan fingerprint density at radius 1 is 1.69 bits per heavy atom. The van der Waals surface area contributed by atoms with Crippen LogP contribution in [0.25, 0.3) is 0 Å². The summed E-state index contributed by atoms with van der Waals surface area (Å²) in [5.74, 6) is 6.37. The molecule has 0 unspecified atom stereocenters. The highest BCUT2D eigenvalue weighted by atomic mass is 32.2. The summed E-state index contributed by atoms with van der Waals surface area (Å²) in [5.41, 5.74) is 0.910. The second-order valence-electron chi connectivity index (χ2n) is 2.83. The Labute approximate surface area is 103 Å². The Morgan fingerprint density at radius 2 is 2.50 bits per heavy atom. The molecule has 3 nitrogen and oxygen atoms in total. The van der Waals surface area contributed by atoms with Gasteiger partial charge in [0.15, 0.2) is 0 Å². The maximum atomic E-state index is 10.9. The van der Waals surface area contributed by atoms with Gasteiger partial charge in [-0.05, 0) is 6.07 Å². The number of hydrogen-bond donors (Lipinski definition) is 1. The van der Waals surface area contributed by atoms with Gasteiger partial charge >= 0.3 is 5.97 Å². The summed E-state index contributed by atoms with van der Waals surface area (Å²) in [6.07, 6.45) is 0. The van der Waals surface area contributed by atoms with Crippen LogP contribution in [0.15, 0.2) is 11.4 Å². The first-order valence-corrected chi connectivity index (χ1v) is 6.61. The lowest BCUT2D eigenvalue weighted by Crippen LogP contribution is -2.02. The first-order valence-electron chi connectivity index (χ1n) is 4.58. The zero-order chi connectivity index (χ0) is 11.8. The van der Waals surface area contributed by atoms with Crippen molar-refractivity contribution in [2.24, 2.45) is 0 Å². The molecule has 1 rings (SSSR count). The maximum Gasteiger partial charge on any atom is 0.315 e. The van der Waals surface area contributed by atoms with Gasteiger partial charge in [-0.15, -0.1) is 23.1 Å². The first kappa shape index (κ1) is 13.1. The summed E-state index contributed by atoms with van der Waals surface area (Å²) in [4.78, 5) is 12.0. The molecule has 1 aromatic rings. The van der Waals surface area contributed by atoms with E-state index >= 15 is 0 Å². The third-order valence-electron chi connectivity index (χ3n) is 1.66. The number of aliphatic hydroxyl groups excluding tert-OH is 1. The lowest BCUT2D eigenvalue weighted by molar-refractivity contribution is -0.137. The molecule has 5 heteroatoms. The van der Waals surface area contributed by atoms with E-state index < -0.39 is 0 Å². The SMILES string of the molecule is COC(=O)CSCc1cc(C#CCO)cs1.